The Bertz CT molecular complexity index is 727. The van der Waals surface area contributed by atoms with Gasteiger partial charge in [-0.2, -0.15) is 0 Å². The Morgan fingerprint density at radius 3 is 2.29 bits per heavy atom. The quantitative estimate of drug-likeness (QED) is 0.877. The van der Waals surface area contributed by atoms with Crippen LogP contribution < -0.4 is 19.5 Å². The molecule has 5 nitrogen and oxygen atoms in total. The van der Waals surface area contributed by atoms with Gasteiger partial charge in [0.05, 0.1) is 19.9 Å². The highest BCUT2D eigenvalue weighted by Crippen LogP contribution is 2.29. The molecule has 0 aliphatic carbocycles. The van der Waals surface area contributed by atoms with E-state index in [0.29, 0.717) is 22.9 Å². The molecule has 1 unspecified atom stereocenters. The number of carbonyl (C=O) groups excluding carboxylic acids is 1. The predicted octanol–water partition coefficient (Wildman–Crippen LogP) is 3.73. The first-order valence-corrected chi connectivity index (χ1v) is 7.71. The maximum atomic E-state index is 12.4. The van der Waals surface area contributed by atoms with Crippen LogP contribution in [0.15, 0.2) is 36.4 Å². The number of aryl methyl sites for hydroxylation is 2. The molecule has 0 saturated heterocycles. The van der Waals surface area contributed by atoms with Crippen molar-refractivity contribution in [3.05, 3.63) is 47.5 Å². The fraction of sp³-hybridized carbons (Fsp3) is 0.316. The van der Waals surface area contributed by atoms with Gasteiger partial charge in [-0.15, -0.1) is 0 Å². The minimum Gasteiger partial charge on any atom is -0.497 e. The lowest BCUT2D eigenvalue weighted by Crippen LogP contribution is -2.30. The summed E-state index contributed by atoms with van der Waals surface area (Å²) in [5, 5.41) is 2.81. The molecule has 0 spiro atoms. The third-order valence-electron chi connectivity index (χ3n) is 3.83. The van der Waals surface area contributed by atoms with Gasteiger partial charge in [-0.25, -0.2) is 0 Å². The summed E-state index contributed by atoms with van der Waals surface area (Å²) < 4.78 is 16.2. The molecule has 0 aromatic heterocycles. The lowest BCUT2D eigenvalue weighted by molar-refractivity contribution is -0.122. The van der Waals surface area contributed by atoms with Crippen molar-refractivity contribution in [2.24, 2.45) is 0 Å². The fourth-order valence-corrected chi connectivity index (χ4v) is 2.18. The smallest absolute Gasteiger partial charge is 0.265 e. The minimum absolute atomic E-state index is 0.253. The van der Waals surface area contributed by atoms with E-state index in [4.69, 9.17) is 14.2 Å². The Kier molecular flexibility index (Phi) is 5.68. The van der Waals surface area contributed by atoms with Gasteiger partial charge in [-0.3, -0.25) is 4.79 Å². The van der Waals surface area contributed by atoms with Gasteiger partial charge in [0.1, 0.15) is 17.2 Å². The number of carbonyl (C=O) groups is 1. The lowest BCUT2D eigenvalue weighted by atomic mass is 10.1. The highest BCUT2D eigenvalue weighted by Gasteiger charge is 2.17. The van der Waals surface area contributed by atoms with Crippen molar-refractivity contribution in [3.8, 4) is 17.2 Å². The van der Waals surface area contributed by atoms with E-state index in [0.717, 1.165) is 5.56 Å². The number of hydrogen-bond donors (Lipinski definition) is 1. The number of hydrogen-bond acceptors (Lipinski definition) is 4. The second-order valence-electron chi connectivity index (χ2n) is 5.56. The van der Waals surface area contributed by atoms with Gasteiger partial charge in [0.2, 0.25) is 0 Å². The molecule has 2 rings (SSSR count). The average molecular weight is 329 g/mol. The average Bonchev–Trinajstić information content (AvgIpc) is 2.58. The topological polar surface area (TPSA) is 56.8 Å². The number of amides is 1. The van der Waals surface area contributed by atoms with E-state index in [1.54, 1.807) is 39.3 Å². The van der Waals surface area contributed by atoms with E-state index in [9.17, 15) is 4.79 Å². The molecule has 2 aromatic carbocycles. The van der Waals surface area contributed by atoms with E-state index in [-0.39, 0.29) is 5.91 Å². The highest BCUT2D eigenvalue weighted by molar-refractivity contribution is 5.95. The zero-order valence-corrected chi connectivity index (χ0v) is 14.7. The van der Waals surface area contributed by atoms with Gasteiger partial charge in [-0.05, 0) is 56.2 Å². The van der Waals surface area contributed by atoms with Crippen LogP contribution >= 0.6 is 0 Å². The fourth-order valence-electron chi connectivity index (χ4n) is 2.18. The SMILES string of the molecule is COc1ccc(NC(=O)C(C)Oc2ccc(C)c(C)c2)c(OC)c1. The van der Waals surface area contributed by atoms with Gasteiger partial charge in [0.25, 0.3) is 5.91 Å². The van der Waals surface area contributed by atoms with Gasteiger partial charge in [0, 0.05) is 6.07 Å². The van der Waals surface area contributed by atoms with Gasteiger partial charge in [0.15, 0.2) is 6.10 Å². The minimum atomic E-state index is -0.640. The molecule has 0 saturated carbocycles. The molecule has 0 fully saturated rings. The largest absolute Gasteiger partial charge is 0.497 e. The first kappa shape index (κ1) is 17.7. The van der Waals surface area contributed by atoms with Crippen LogP contribution in [0.4, 0.5) is 5.69 Å². The Morgan fingerprint density at radius 1 is 0.958 bits per heavy atom. The number of rotatable bonds is 6. The summed E-state index contributed by atoms with van der Waals surface area (Å²) in [5.41, 5.74) is 2.87. The molecule has 1 N–H and O–H groups in total. The van der Waals surface area contributed by atoms with E-state index < -0.39 is 6.10 Å². The zero-order chi connectivity index (χ0) is 17.7. The molecule has 0 aliphatic rings. The van der Waals surface area contributed by atoms with Crippen LogP contribution in [0.2, 0.25) is 0 Å². The first-order valence-electron chi connectivity index (χ1n) is 7.71. The Hall–Kier alpha value is -2.69. The highest BCUT2D eigenvalue weighted by atomic mass is 16.5. The predicted molar refractivity (Wildman–Crippen MR) is 94.2 cm³/mol. The van der Waals surface area contributed by atoms with E-state index in [2.05, 4.69) is 5.32 Å². The van der Waals surface area contributed by atoms with E-state index in [1.165, 1.54) is 5.56 Å². The molecule has 128 valence electrons. The van der Waals surface area contributed by atoms with Crippen molar-refractivity contribution in [1.29, 1.82) is 0 Å². The van der Waals surface area contributed by atoms with E-state index in [1.807, 2.05) is 32.0 Å². The second kappa shape index (κ2) is 7.73. The summed E-state index contributed by atoms with van der Waals surface area (Å²) in [6.07, 6.45) is -0.640. The molecule has 0 heterocycles. The number of nitrogens with one attached hydrogen (secondary N) is 1. The summed E-state index contributed by atoms with van der Waals surface area (Å²) >= 11 is 0. The van der Waals surface area contributed by atoms with Crippen molar-refractivity contribution in [1.82, 2.24) is 0 Å². The number of ether oxygens (including phenoxy) is 3. The summed E-state index contributed by atoms with van der Waals surface area (Å²) in [5.74, 6) is 1.60. The molecular formula is C19H23NO4. The van der Waals surface area contributed by atoms with Crippen molar-refractivity contribution in [2.45, 2.75) is 26.9 Å². The number of methoxy groups -OCH3 is 2. The zero-order valence-electron chi connectivity index (χ0n) is 14.7. The molecule has 24 heavy (non-hydrogen) atoms. The standard InChI is InChI=1S/C19H23NO4/c1-12-6-7-16(10-13(12)2)24-14(3)19(21)20-17-9-8-15(22-4)11-18(17)23-5/h6-11,14H,1-5H3,(H,20,21). The molecule has 0 aliphatic heterocycles. The van der Waals surface area contributed by atoms with Crippen LogP contribution in [0.1, 0.15) is 18.1 Å². The molecular weight excluding hydrogens is 306 g/mol. The molecule has 2 aromatic rings. The summed E-state index contributed by atoms with van der Waals surface area (Å²) in [4.78, 5) is 12.4. The van der Waals surface area contributed by atoms with Crippen LogP contribution in [0.3, 0.4) is 0 Å². The second-order valence-corrected chi connectivity index (χ2v) is 5.56. The van der Waals surface area contributed by atoms with Gasteiger partial charge in [-0.1, -0.05) is 6.07 Å². The maximum Gasteiger partial charge on any atom is 0.265 e. The normalized spacial score (nSPS) is 11.5. The number of benzene rings is 2. The van der Waals surface area contributed by atoms with E-state index >= 15 is 0 Å². The molecule has 1 amide bonds. The Labute approximate surface area is 142 Å². The van der Waals surface area contributed by atoms with Gasteiger partial charge >= 0.3 is 0 Å². The van der Waals surface area contributed by atoms with Crippen LogP contribution in [0.25, 0.3) is 0 Å². The molecule has 1 atom stereocenters. The molecule has 5 heteroatoms. The molecule has 0 radical (unpaired) electrons. The third-order valence-corrected chi connectivity index (χ3v) is 3.83. The monoisotopic (exact) mass is 329 g/mol. The summed E-state index contributed by atoms with van der Waals surface area (Å²) in [6.45, 7) is 5.75. The van der Waals surface area contributed by atoms with Gasteiger partial charge < -0.3 is 19.5 Å². The van der Waals surface area contributed by atoms with Crippen LogP contribution in [-0.4, -0.2) is 26.2 Å². The summed E-state index contributed by atoms with van der Waals surface area (Å²) in [6, 6.07) is 11.0. The van der Waals surface area contributed by atoms with Crippen molar-refractivity contribution < 1.29 is 19.0 Å². The van der Waals surface area contributed by atoms with Crippen LogP contribution in [-0.2, 0) is 4.79 Å². The first-order chi connectivity index (χ1) is 11.4. The van der Waals surface area contributed by atoms with Crippen molar-refractivity contribution >= 4 is 11.6 Å². The van der Waals surface area contributed by atoms with Crippen LogP contribution in [0.5, 0.6) is 17.2 Å². The lowest BCUT2D eigenvalue weighted by Gasteiger charge is -2.17. The van der Waals surface area contributed by atoms with Crippen molar-refractivity contribution in [2.75, 3.05) is 19.5 Å². The Balaban J connectivity index is 2.07. The maximum absolute atomic E-state index is 12.4. The van der Waals surface area contributed by atoms with Crippen LogP contribution in [0, 0.1) is 13.8 Å². The third kappa shape index (κ3) is 4.19. The number of anilines is 1. The molecule has 0 bridgehead atoms. The van der Waals surface area contributed by atoms with Crippen molar-refractivity contribution in [3.63, 3.8) is 0 Å². The summed E-state index contributed by atoms with van der Waals surface area (Å²) in [7, 11) is 3.12. The Morgan fingerprint density at radius 2 is 1.67 bits per heavy atom.